The van der Waals surface area contributed by atoms with Crippen molar-refractivity contribution in [3.8, 4) is 0 Å². The molecule has 0 spiro atoms. The summed E-state index contributed by atoms with van der Waals surface area (Å²) in [5.41, 5.74) is 0. The Kier molecular flexibility index (Phi) is 6.31. The van der Waals surface area contributed by atoms with Crippen molar-refractivity contribution >= 4 is 11.7 Å². The van der Waals surface area contributed by atoms with Gasteiger partial charge in [0.15, 0.2) is 5.78 Å². The van der Waals surface area contributed by atoms with Gasteiger partial charge >= 0.3 is 0 Å². The second-order valence-electron chi connectivity index (χ2n) is 5.08. The Morgan fingerprint density at radius 3 is 1.81 bits per heavy atom. The molecule has 0 bridgehead atoms. The third-order valence-corrected chi connectivity index (χ3v) is 2.91. The molecule has 0 saturated heterocycles. The largest absolute Gasteiger partial charge is 0.346 e. The summed E-state index contributed by atoms with van der Waals surface area (Å²) in [4.78, 5) is 23.6. The smallest absolute Gasteiger partial charge is 0.223 e. The fraction of sp³-hybridized carbons (Fsp3) is 0.846. The molecule has 2 atom stereocenters. The van der Waals surface area contributed by atoms with Crippen molar-refractivity contribution in [3.05, 3.63) is 0 Å². The van der Waals surface area contributed by atoms with E-state index in [1.165, 1.54) is 0 Å². The van der Waals surface area contributed by atoms with E-state index in [-0.39, 0.29) is 35.5 Å². The fourth-order valence-electron chi connectivity index (χ4n) is 1.41. The summed E-state index contributed by atoms with van der Waals surface area (Å²) >= 11 is 0. The van der Waals surface area contributed by atoms with Crippen LogP contribution in [-0.2, 0) is 9.59 Å². The van der Waals surface area contributed by atoms with Crippen LogP contribution in [0.2, 0.25) is 0 Å². The molecule has 0 aromatic heterocycles. The number of rotatable bonds is 6. The number of amides is 1. The topological polar surface area (TPSA) is 46.2 Å². The lowest BCUT2D eigenvalue weighted by molar-refractivity contribution is -0.132. The van der Waals surface area contributed by atoms with Crippen molar-refractivity contribution < 1.29 is 9.59 Å². The van der Waals surface area contributed by atoms with Gasteiger partial charge in [0, 0.05) is 11.8 Å². The van der Waals surface area contributed by atoms with Crippen LogP contribution in [0.3, 0.4) is 0 Å². The molecule has 0 aromatic carbocycles. The van der Waals surface area contributed by atoms with Gasteiger partial charge in [-0.25, -0.2) is 0 Å². The van der Waals surface area contributed by atoms with E-state index in [9.17, 15) is 9.59 Å². The summed E-state index contributed by atoms with van der Waals surface area (Å²) in [6.07, 6.45) is 0.890. The molecular formula is C13H25NO2. The van der Waals surface area contributed by atoms with E-state index in [0.29, 0.717) is 0 Å². The first kappa shape index (κ1) is 15.1. The van der Waals surface area contributed by atoms with Gasteiger partial charge in [0.2, 0.25) is 5.91 Å². The molecule has 94 valence electrons. The maximum atomic E-state index is 12.0. The molecule has 3 nitrogen and oxygen atoms in total. The molecule has 1 amide bonds. The number of Topliss-reactive ketones (excluding diaryl/α,β-unsaturated/α-hetero) is 1. The zero-order chi connectivity index (χ0) is 12.9. The minimum absolute atomic E-state index is 0.0357. The van der Waals surface area contributed by atoms with Crippen LogP contribution in [-0.4, -0.2) is 17.7 Å². The summed E-state index contributed by atoms with van der Waals surface area (Å²) in [7, 11) is 0. The molecular weight excluding hydrogens is 209 g/mol. The molecule has 0 aliphatic carbocycles. The predicted octanol–water partition coefficient (Wildman–Crippen LogP) is 2.40. The Bertz CT molecular complexity index is 246. The molecule has 0 fully saturated rings. The van der Waals surface area contributed by atoms with Crippen molar-refractivity contribution in [2.45, 2.75) is 54.0 Å². The van der Waals surface area contributed by atoms with Crippen LogP contribution in [0.4, 0.5) is 0 Å². The van der Waals surface area contributed by atoms with Gasteiger partial charge in [-0.2, -0.15) is 0 Å². The molecule has 0 saturated carbocycles. The zero-order valence-corrected chi connectivity index (χ0v) is 11.3. The first-order valence-electron chi connectivity index (χ1n) is 6.15. The lowest BCUT2D eigenvalue weighted by Gasteiger charge is -2.25. The third kappa shape index (κ3) is 4.33. The van der Waals surface area contributed by atoms with Crippen LogP contribution in [0.5, 0.6) is 0 Å². The lowest BCUT2D eigenvalue weighted by Crippen LogP contribution is -2.48. The van der Waals surface area contributed by atoms with Crippen LogP contribution in [0.15, 0.2) is 0 Å². The average Bonchev–Trinajstić information content (AvgIpc) is 2.23. The summed E-state index contributed by atoms with van der Waals surface area (Å²) < 4.78 is 0. The van der Waals surface area contributed by atoms with Gasteiger partial charge < -0.3 is 5.32 Å². The van der Waals surface area contributed by atoms with Crippen LogP contribution in [0, 0.1) is 17.8 Å². The quantitative estimate of drug-likeness (QED) is 0.436. The van der Waals surface area contributed by atoms with Crippen LogP contribution in [0.25, 0.3) is 0 Å². The van der Waals surface area contributed by atoms with Crippen molar-refractivity contribution in [2.75, 3.05) is 0 Å². The number of hydrogen-bond acceptors (Lipinski definition) is 2. The van der Waals surface area contributed by atoms with Gasteiger partial charge in [-0.1, -0.05) is 48.0 Å². The normalized spacial score (nSPS) is 15.0. The summed E-state index contributed by atoms with van der Waals surface area (Å²) in [5, 5.41) is 2.86. The van der Waals surface area contributed by atoms with Gasteiger partial charge in [-0.3, -0.25) is 9.59 Å². The van der Waals surface area contributed by atoms with Crippen molar-refractivity contribution in [1.82, 2.24) is 5.32 Å². The van der Waals surface area contributed by atoms with Gasteiger partial charge in [-0.05, 0) is 5.92 Å². The summed E-state index contributed by atoms with van der Waals surface area (Å²) in [6.45, 7) is 11.5. The monoisotopic (exact) mass is 234 g/mol. The predicted molar refractivity (Wildman–Crippen MR) is 66.1 cm³/mol. The van der Waals surface area contributed by atoms with Crippen LogP contribution >= 0.6 is 0 Å². The highest BCUT2D eigenvalue weighted by molar-refractivity contribution is 5.90. The second-order valence-corrected chi connectivity index (χ2v) is 5.08. The fourth-order valence-corrected chi connectivity index (χ4v) is 1.41. The van der Waals surface area contributed by atoms with Gasteiger partial charge in [0.05, 0.1) is 6.04 Å². The molecule has 0 aromatic rings. The highest BCUT2D eigenvalue weighted by Gasteiger charge is 2.27. The third-order valence-electron chi connectivity index (χ3n) is 2.91. The molecule has 16 heavy (non-hydrogen) atoms. The molecule has 0 heterocycles. The average molecular weight is 234 g/mol. The van der Waals surface area contributed by atoms with E-state index in [2.05, 4.69) is 5.32 Å². The van der Waals surface area contributed by atoms with E-state index in [0.717, 1.165) is 6.42 Å². The lowest BCUT2D eigenvalue weighted by atomic mass is 10.0. The Morgan fingerprint density at radius 1 is 1.00 bits per heavy atom. The number of nitrogens with one attached hydrogen (secondary N) is 1. The minimum Gasteiger partial charge on any atom is -0.346 e. The van der Waals surface area contributed by atoms with E-state index in [1.54, 1.807) is 0 Å². The van der Waals surface area contributed by atoms with Gasteiger partial charge in [0.1, 0.15) is 0 Å². The van der Waals surface area contributed by atoms with Crippen molar-refractivity contribution in [1.29, 1.82) is 0 Å². The Balaban J connectivity index is 4.69. The van der Waals surface area contributed by atoms with Crippen LogP contribution in [0.1, 0.15) is 48.0 Å². The molecule has 0 rings (SSSR count). The van der Waals surface area contributed by atoms with Gasteiger partial charge in [-0.15, -0.1) is 0 Å². The van der Waals surface area contributed by atoms with Crippen molar-refractivity contribution in [2.24, 2.45) is 17.8 Å². The van der Waals surface area contributed by atoms with E-state index >= 15 is 0 Å². The molecule has 0 aliphatic rings. The second kappa shape index (κ2) is 6.66. The number of carbonyl (C=O) groups excluding carboxylic acids is 2. The highest BCUT2D eigenvalue weighted by atomic mass is 18.1. The molecule has 1 N–H and O–H groups in total. The summed E-state index contributed by atoms with van der Waals surface area (Å²) in [6, 6.07) is -0.333. The molecule has 2 unspecified atom stereocenters. The Hall–Kier alpha value is -0.860. The SMILES string of the molecule is CCC(C)C([15NH][13C](=[18O])C(C)C)[13C](=[18O])C(C)C. The van der Waals surface area contributed by atoms with E-state index in [1.807, 2.05) is 41.5 Å². The first-order valence-corrected chi connectivity index (χ1v) is 6.15. The molecule has 0 aliphatic heterocycles. The number of ketones is 1. The number of carbonyl (C=O) groups is 2. The van der Waals surface area contributed by atoms with E-state index in [4.69, 9.17) is 0 Å². The number of hydrogen-bond donors (Lipinski definition) is 1. The summed E-state index contributed by atoms with van der Waals surface area (Å²) in [5.74, 6) is 0.165. The standard InChI is InChI=1S/C13H25NO2/c1-7-10(6)11(12(15)8(2)3)14-13(16)9(4)5/h8-11H,7H2,1-6H3,(H,14,16)/i12+1,13+1,14+1,15+2,16+2. The van der Waals surface area contributed by atoms with Gasteiger partial charge in [0.25, 0.3) is 0 Å². The van der Waals surface area contributed by atoms with Crippen LogP contribution < -0.4 is 5.32 Å². The maximum absolute atomic E-state index is 12.0. The maximum Gasteiger partial charge on any atom is 0.223 e. The first-order chi connectivity index (χ1) is 7.31. The molecule has 0 radical (unpaired) electrons. The highest BCUT2D eigenvalue weighted by Crippen LogP contribution is 2.13. The zero-order valence-electron chi connectivity index (χ0n) is 11.3. The van der Waals surface area contributed by atoms with E-state index < -0.39 is 0 Å². The van der Waals surface area contributed by atoms with Crippen molar-refractivity contribution in [3.63, 3.8) is 0 Å². The molecule has 3 heteroatoms. The minimum atomic E-state index is -0.333. The Labute approximate surface area is 99.0 Å². The Morgan fingerprint density at radius 2 is 1.50 bits per heavy atom.